The molecule has 1 unspecified atom stereocenters. The van der Waals surface area contributed by atoms with Gasteiger partial charge in [0.25, 0.3) is 15.9 Å². The summed E-state index contributed by atoms with van der Waals surface area (Å²) in [4.78, 5) is 15.2. The zero-order valence-electron chi connectivity index (χ0n) is 17.9. The number of carbonyl (C=O) groups excluding carboxylic acids is 1. The number of sulfonamides is 1. The normalized spacial score (nSPS) is 20.1. The summed E-state index contributed by atoms with van der Waals surface area (Å²) in [6.45, 7) is 3.61. The maximum Gasteiger partial charge on any atom is 0.264 e. The molecule has 2 aliphatic heterocycles. The van der Waals surface area contributed by atoms with Gasteiger partial charge in [-0.15, -0.1) is 0 Å². The van der Waals surface area contributed by atoms with E-state index in [1.807, 2.05) is 19.1 Å². The SMILES string of the molecule is Cc1ccc(N(C)S(=O)(=O)c2cccc(C(=O)N3CCCCC3C3OCCO3)c2)cc1. The van der Waals surface area contributed by atoms with E-state index in [1.54, 1.807) is 29.2 Å². The molecule has 166 valence electrons. The number of anilines is 1. The summed E-state index contributed by atoms with van der Waals surface area (Å²) < 4.78 is 39.0. The summed E-state index contributed by atoms with van der Waals surface area (Å²) in [6.07, 6.45) is 2.31. The number of hydrogen-bond acceptors (Lipinski definition) is 5. The standard InChI is InChI=1S/C23H28N2O5S/c1-17-9-11-19(12-10-17)24(2)31(27,28)20-7-5-6-18(16-20)22(26)25-13-4-3-8-21(25)23-29-14-15-30-23/h5-7,9-12,16,21,23H,3-4,8,13-15H2,1-2H3. The van der Waals surface area contributed by atoms with Crippen molar-refractivity contribution in [2.24, 2.45) is 0 Å². The predicted molar refractivity (Wildman–Crippen MR) is 118 cm³/mol. The van der Waals surface area contributed by atoms with Crippen LogP contribution in [-0.4, -0.2) is 58.4 Å². The van der Waals surface area contributed by atoms with Crippen LogP contribution in [0.5, 0.6) is 0 Å². The average molecular weight is 445 g/mol. The Labute approximate surface area is 183 Å². The van der Waals surface area contributed by atoms with E-state index in [2.05, 4.69) is 0 Å². The molecular weight excluding hydrogens is 416 g/mol. The molecule has 0 spiro atoms. The molecule has 0 saturated carbocycles. The van der Waals surface area contributed by atoms with E-state index in [-0.39, 0.29) is 16.8 Å². The summed E-state index contributed by atoms with van der Waals surface area (Å²) >= 11 is 0. The van der Waals surface area contributed by atoms with Crippen LogP contribution >= 0.6 is 0 Å². The Morgan fingerprint density at radius 3 is 2.48 bits per heavy atom. The van der Waals surface area contributed by atoms with Crippen molar-refractivity contribution >= 4 is 21.6 Å². The Balaban J connectivity index is 1.59. The molecule has 2 fully saturated rings. The molecule has 1 atom stereocenters. The highest BCUT2D eigenvalue weighted by Crippen LogP contribution is 2.28. The molecule has 0 bridgehead atoms. The van der Waals surface area contributed by atoms with Crippen LogP contribution in [0, 0.1) is 6.92 Å². The number of ether oxygens (including phenoxy) is 2. The highest BCUT2D eigenvalue weighted by molar-refractivity contribution is 7.92. The first kappa shape index (κ1) is 21.8. The molecule has 4 rings (SSSR count). The number of benzene rings is 2. The van der Waals surface area contributed by atoms with E-state index in [0.29, 0.717) is 31.0 Å². The van der Waals surface area contributed by atoms with Crippen molar-refractivity contribution in [1.29, 1.82) is 0 Å². The first-order valence-corrected chi connectivity index (χ1v) is 12.0. The molecule has 2 aliphatic rings. The van der Waals surface area contributed by atoms with E-state index in [9.17, 15) is 13.2 Å². The molecule has 2 heterocycles. The fourth-order valence-electron chi connectivity index (χ4n) is 4.10. The Bertz CT molecular complexity index is 1030. The lowest BCUT2D eigenvalue weighted by Gasteiger charge is -2.38. The molecule has 0 aromatic heterocycles. The Hall–Kier alpha value is -2.42. The largest absolute Gasteiger partial charge is 0.348 e. The van der Waals surface area contributed by atoms with Gasteiger partial charge in [0.1, 0.15) is 0 Å². The number of aryl methyl sites for hydroxylation is 1. The van der Waals surface area contributed by atoms with Gasteiger partial charge >= 0.3 is 0 Å². The number of carbonyl (C=O) groups is 1. The van der Waals surface area contributed by atoms with Crippen molar-refractivity contribution in [2.75, 3.05) is 31.1 Å². The van der Waals surface area contributed by atoms with Gasteiger partial charge in [-0.05, 0) is 56.5 Å². The minimum atomic E-state index is -3.81. The van der Waals surface area contributed by atoms with Crippen molar-refractivity contribution < 1.29 is 22.7 Å². The zero-order chi connectivity index (χ0) is 22.0. The van der Waals surface area contributed by atoms with Crippen LogP contribution in [0.3, 0.4) is 0 Å². The van der Waals surface area contributed by atoms with Crippen LogP contribution < -0.4 is 4.31 Å². The second-order valence-electron chi connectivity index (χ2n) is 8.01. The number of nitrogens with zero attached hydrogens (tertiary/aromatic N) is 2. The van der Waals surface area contributed by atoms with Gasteiger partial charge in [0, 0.05) is 19.2 Å². The van der Waals surface area contributed by atoms with Crippen molar-refractivity contribution in [3.8, 4) is 0 Å². The monoisotopic (exact) mass is 444 g/mol. The van der Waals surface area contributed by atoms with Crippen LogP contribution in [0.25, 0.3) is 0 Å². The van der Waals surface area contributed by atoms with Crippen LogP contribution in [0.2, 0.25) is 0 Å². The van der Waals surface area contributed by atoms with Crippen LogP contribution in [0.1, 0.15) is 35.2 Å². The van der Waals surface area contributed by atoms with Crippen LogP contribution in [0.15, 0.2) is 53.4 Å². The molecule has 31 heavy (non-hydrogen) atoms. The van der Waals surface area contributed by atoms with Crippen LogP contribution in [0.4, 0.5) is 5.69 Å². The number of likely N-dealkylation sites (tertiary alicyclic amines) is 1. The fraction of sp³-hybridized carbons (Fsp3) is 0.435. The average Bonchev–Trinajstić information content (AvgIpc) is 3.33. The molecular formula is C23H28N2O5S. The third kappa shape index (κ3) is 4.46. The topological polar surface area (TPSA) is 76.2 Å². The second-order valence-corrected chi connectivity index (χ2v) is 9.98. The van der Waals surface area contributed by atoms with Gasteiger partial charge in [-0.3, -0.25) is 9.10 Å². The van der Waals surface area contributed by atoms with Gasteiger partial charge < -0.3 is 14.4 Å². The molecule has 0 N–H and O–H groups in total. The summed E-state index contributed by atoms with van der Waals surface area (Å²) in [7, 11) is -2.29. The van der Waals surface area contributed by atoms with Crippen molar-refractivity contribution in [2.45, 2.75) is 43.4 Å². The van der Waals surface area contributed by atoms with Crippen LogP contribution in [-0.2, 0) is 19.5 Å². The van der Waals surface area contributed by atoms with Crippen molar-refractivity contribution in [3.63, 3.8) is 0 Å². The lowest BCUT2D eigenvalue weighted by atomic mass is 10.00. The highest BCUT2D eigenvalue weighted by Gasteiger charge is 2.36. The number of rotatable bonds is 5. The number of piperidine rings is 1. The summed E-state index contributed by atoms with van der Waals surface area (Å²) in [5.74, 6) is -0.196. The molecule has 1 amide bonds. The summed E-state index contributed by atoms with van der Waals surface area (Å²) in [5.41, 5.74) is 1.96. The van der Waals surface area contributed by atoms with E-state index < -0.39 is 16.3 Å². The Kier molecular flexibility index (Phi) is 6.31. The minimum absolute atomic E-state index is 0.0864. The van der Waals surface area contributed by atoms with Gasteiger partial charge in [-0.2, -0.15) is 0 Å². The lowest BCUT2D eigenvalue weighted by molar-refractivity contribution is -0.100. The number of amides is 1. The molecule has 2 aromatic carbocycles. The lowest BCUT2D eigenvalue weighted by Crippen LogP contribution is -2.50. The number of hydrogen-bond donors (Lipinski definition) is 0. The predicted octanol–water partition coefficient (Wildman–Crippen LogP) is 3.19. The third-order valence-corrected chi connectivity index (χ3v) is 7.69. The Morgan fingerprint density at radius 1 is 1.06 bits per heavy atom. The molecule has 2 aromatic rings. The van der Waals surface area contributed by atoms with Gasteiger partial charge in [-0.25, -0.2) is 8.42 Å². The fourth-order valence-corrected chi connectivity index (χ4v) is 5.34. The van der Waals surface area contributed by atoms with E-state index in [4.69, 9.17) is 9.47 Å². The second kappa shape index (κ2) is 8.98. The maximum atomic E-state index is 13.3. The molecule has 0 aliphatic carbocycles. The summed E-state index contributed by atoms with van der Waals surface area (Å²) in [6, 6.07) is 13.4. The quantitative estimate of drug-likeness (QED) is 0.708. The van der Waals surface area contributed by atoms with Gasteiger partial charge in [0.2, 0.25) is 0 Å². The highest BCUT2D eigenvalue weighted by atomic mass is 32.2. The van der Waals surface area contributed by atoms with E-state index >= 15 is 0 Å². The van der Waals surface area contributed by atoms with Gasteiger partial charge in [0.15, 0.2) is 6.29 Å². The van der Waals surface area contributed by atoms with E-state index in [0.717, 1.165) is 24.8 Å². The zero-order valence-corrected chi connectivity index (χ0v) is 18.7. The van der Waals surface area contributed by atoms with Crippen molar-refractivity contribution in [3.05, 3.63) is 59.7 Å². The van der Waals surface area contributed by atoms with Gasteiger partial charge in [-0.1, -0.05) is 23.8 Å². The Morgan fingerprint density at radius 2 is 1.77 bits per heavy atom. The molecule has 0 radical (unpaired) electrons. The third-order valence-electron chi connectivity index (χ3n) is 5.91. The van der Waals surface area contributed by atoms with E-state index in [1.165, 1.54) is 23.5 Å². The summed E-state index contributed by atoms with van der Waals surface area (Å²) in [5, 5.41) is 0. The first-order chi connectivity index (χ1) is 14.9. The van der Waals surface area contributed by atoms with Crippen molar-refractivity contribution in [1.82, 2.24) is 4.90 Å². The smallest absolute Gasteiger partial charge is 0.264 e. The molecule has 7 nitrogen and oxygen atoms in total. The molecule has 8 heteroatoms. The maximum absolute atomic E-state index is 13.3. The minimum Gasteiger partial charge on any atom is -0.348 e. The van der Waals surface area contributed by atoms with Gasteiger partial charge in [0.05, 0.1) is 29.8 Å². The molecule has 2 saturated heterocycles. The first-order valence-electron chi connectivity index (χ1n) is 10.6.